The van der Waals surface area contributed by atoms with E-state index < -0.39 is 24.4 Å². The third kappa shape index (κ3) is 7.30. The number of amides is 2. The average Bonchev–Trinajstić information content (AvgIpc) is 3.00. The fourth-order valence-corrected chi connectivity index (χ4v) is 3.69. The molecule has 2 aromatic rings. The van der Waals surface area contributed by atoms with Crippen LogP contribution in [0, 0.1) is 0 Å². The molecule has 12 heteroatoms. The fourth-order valence-electron chi connectivity index (χ4n) is 2.18. The van der Waals surface area contributed by atoms with Gasteiger partial charge in [0.05, 0.1) is 11.4 Å². The average molecular weight is 469 g/mol. The monoisotopic (exact) mass is 468 g/mol. The number of thiophene rings is 1. The van der Waals surface area contributed by atoms with Crippen molar-refractivity contribution in [3.63, 3.8) is 0 Å². The Hall–Kier alpha value is -2.17. The maximum Gasteiger partial charge on any atom is 0.392 e. The first kappa shape index (κ1) is 23.1. The molecule has 0 spiro atoms. The van der Waals surface area contributed by atoms with Crippen LogP contribution in [0.25, 0.3) is 10.1 Å². The van der Waals surface area contributed by atoms with Gasteiger partial charge in [0.2, 0.25) is 0 Å². The van der Waals surface area contributed by atoms with Crippen LogP contribution in [0.3, 0.4) is 0 Å². The Kier molecular flexibility index (Phi) is 8.42. The van der Waals surface area contributed by atoms with Crippen LogP contribution in [0.4, 0.5) is 18.9 Å². The SMILES string of the molecule is O=C(CCl)NNC(=O)c1sc2cc(NCCN/C=C/CC(F)(F)F)ccc2c1Cl. The van der Waals surface area contributed by atoms with Gasteiger partial charge in [-0.2, -0.15) is 13.2 Å². The quantitative estimate of drug-likeness (QED) is 0.268. The van der Waals surface area contributed by atoms with E-state index >= 15 is 0 Å². The van der Waals surface area contributed by atoms with E-state index in [-0.39, 0.29) is 15.8 Å². The third-order valence-corrected chi connectivity index (χ3v) is 5.35. The zero-order valence-corrected chi connectivity index (χ0v) is 17.2. The van der Waals surface area contributed by atoms with E-state index in [1.165, 1.54) is 6.20 Å². The Morgan fingerprint density at radius 1 is 1.17 bits per heavy atom. The van der Waals surface area contributed by atoms with E-state index in [0.717, 1.165) is 27.8 Å². The topological polar surface area (TPSA) is 82.3 Å². The maximum absolute atomic E-state index is 12.2. The van der Waals surface area contributed by atoms with Gasteiger partial charge in [-0.3, -0.25) is 20.4 Å². The number of halogens is 5. The molecule has 0 saturated carbocycles. The number of hydrogen-bond donors (Lipinski definition) is 4. The Morgan fingerprint density at radius 2 is 1.93 bits per heavy atom. The molecular weight excluding hydrogens is 452 g/mol. The van der Waals surface area contributed by atoms with Gasteiger partial charge in [-0.1, -0.05) is 17.7 Å². The number of hydrazine groups is 1. The highest BCUT2D eigenvalue weighted by molar-refractivity contribution is 7.21. The largest absolute Gasteiger partial charge is 0.392 e. The van der Waals surface area contributed by atoms with Crippen LogP contribution in [0.1, 0.15) is 16.1 Å². The Morgan fingerprint density at radius 3 is 2.62 bits per heavy atom. The van der Waals surface area contributed by atoms with Gasteiger partial charge in [-0.05, 0) is 24.4 Å². The van der Waals surface area contributed by atoms with Gasteiger partial charge < -0.3 is 10.6 Å². The summed E-state index contributed by atoms with van der Waals surface area (Å²) in [4.78, 5) is 23.5. The standard InChI is InChI=1S/C17H17Cl2F3N4O2S/c18-9-13(27)25-26-16(28)15-14(19)11-3-2-10(8-12(11)29-15)24-7-6-23-5-1-4-17(20,21)22/h1-3,5,8,23-24H,4,6-7,9H2,(H,25,27)(H,26,28)/b5-1+. The second-order valence-corrected chi connectivity index (χ2v) is 7.39. The zero-order chi connectivity index (χ0) is 21.4. The van der Waals surface area contributed by atoms with Gasteiger partial charge in [-0.15, -0.1) is 22.9 Å². The summed E-state index contributed by atoms with van der Waals surface area (Å²) in [6.45, 7) is 0.893. The van der Waals surface area contributed by atoms with Crippen molar-refractivity contribution in [1.82, 2.24) is 16.2 Å². The molecule has 0 bridgehead atoms. The van der Waals surface area contributed by atoms with Crippen molar-refractivity contribution >= 4 is 62.1 Å². The minimum Gasteiger partial charge on any atom is -0.389 e. The van der Waals surface area contributed by atoms with Crippen LogP contribution in [0.5, 0.6) is 0 Å². The number of hydrogen-bond acceptors (Lipinski definition) is 5. The van der Waals surface area contributed by atoms with E-state index in [2.05, 4.69) is 21.5 Å². The van der Waals surface area contributed by atoms with Crippen molar-refractivity contribution in [3.05, 3.63) is 40.4 Å². The molecule has 0 saturated heterocycles. The molecule has 158 valence electrons. The summed E-state index contributed by atoms with van der Waals surface area (Å²) >= 11 is 12.8. The van der Waals surface area contributed by atoms with Gasteiger partial charge in [0, 0.05) is 28.9 Å². The van der Waals surface area contributed by atoms with Crippen molar-refractivity contribution in [2.75, 3.05) is 24.3 Å². The first-order chi connectivity index (χ1) is 13.7. The molecule has 0 aliphatic carbocycles. The van der Waals surface area contributed by atoms with Crippen molar-refractivity contribution in [3.8, 4) is 0 Å². The van der Waals surface area contributed by atoms with Gasteiger partial charge in [0.25, 0.3) is 11.8 Å². The van der Waals surface area contributed by atoms with Crippen LogP contribution >= 0.6 is 34.5 Å². The zero-order valence-electron chi connectivity index (χ0n) is 14.8. The summed E-state index contributed by atoms with van der Waals surface area (Å²) in [6.07, 6.45) is -2.90. The summed E-state index contributed by atoms with van der Waals surface area (Å²) in [7, 11) is 0. The molecule has 4 N–H and O–H groups in total. The third-order valence-electron chi connectivity index (χ3n) is 3.46. The molecule has 0 aliphatic heterocycles. The number of anilines is 1. The fraction of sp³-hybridized carbons (Fsp3) is 0.294. The Balaban J connectivity index is 1.91. The molecule has 6 nitrogen and oxygen atoms in total. The minimum atomic E-state index is -4.21. The smallest absolute Gasteiger partial charge is 0.389 e. The molecule has 1 aromatic heterocycles. The molecule has 0 fully saturated rings. The van der Waals surface area contributed by atoms with Gasteiger partial charge in [0.15, 0.2) is 0 Å². The lowest BCUT2D eigenvalue weighted by Crippen LogP contribution is -2.42. The first-order valence-corrected chi connectivity index (χ1v) is 10.0. The first-order valence-electron chi connectivity index (χ1n) is 8.27. The number of fused-ring (bicyclic) bond motifs is 1. The van der Waals surface area contributed by atoms with E-state index in [1.54, 1.807) is 18.2 Å². The van der Waals surface area contributed by atoms with Crippen LogP contribution in [-0.2, 0) is 4.79 Å². The lowest BCUT2D eigenvalue weighted by Gasteiger charge is -2.07. The molecule has 0 aliphatic rings. The summed E-state index contributed by atoms with van der Waals surface area (Å²) in [6, 6.07) is 5.33. The highest BCUT2D eigenvalue weighted by atomic mass is 35.5. The highest BCUT2D eigenvalue weighted by Crippen LogP contribution is 2.36. The van der Waals surface area contributed by atoms with E-state index in [4.69, 9.17) is 23.2 Å². The number of benzene rings is 1. The predicted octanol–water partition coefficient (Wildman–Crippen LogP) is 4.02. The van der Waals surface area contributed by atoms with Gasteiger partial charge in [0.1, 0.15) is 10.8 Å². The second kappa shape index (κ2) is 10.6. The van der Waals surface area contributed by atoms with E-state index in [9.17, 15) is 22.8 Å². The van der Waals surface area contributed by atoms with Crippen molar-refractivity contribution in [1.29, 1.82) is 0 Å². The van der Waals surface area contributed by atoms with Gasteiger partial charge >= 0.3 is 6.18 Å². The number of rotatable bonds is 8. The molecule has 1 heterocycles. The molecule has 0 unspecified atom stereocenters. The highest BCUT2D eigenvalue weighted by Gasteiger charge is 2.24. The van der Waals surface area contributed by atoms with Crippen LogP contribution in [-0.4, -0.2) is 37.0 Å². The minimum absolute atomic E-state index is 0.241. The molecule has 0 radical (unpaired) electrons. The number of allylic oxidation sites excluding steroid dienone is 1. The molecule has 2 rings (SSSR count). The van der Waals surface area contributed by atoms with E-state index in [1.807, 2.05) is 0 Å². The summed E-state index contributed by atoms with van der Waals surface area (Å²) in [5.74, 6) is -1.40. The molecular formula is C17H17Cl2F3N4O2S. The number of carbonyl (C=O) groups is 2. The van der Waals surface area contributed by atoms with Crippen LogP contribution in [0.15, 0.2) is 30.5 Å². The summed E-state index contributed by atoms with van der Waals surface area (Å²) in [5, 5.41) is 6.84. The van der Waals surface area contributed by atoms with Crippen molar-refractivity contribution < 1.29 is 22.8 Å². The maximum atomic E-state index is 12.2. The lowest BCUT2D eigenvalue weighted by molar-refractivity contribution is -0.125. The Bertz CT molecular complexity index is 903. The number of nitrogens with one attached hydrogen (secondary N) is 4. The van der Waals surface area contributed by atoms with Gasteiger partial charge in [-0.25, -0.2) is 0 Å². The number of alkyl halides is 4. The lowest BCUT2D eigenvalue weighted by atomic mass is 10.2. The molecule has 29 heavy (non-hydrogen) atoms. The molecule has 0 atom stereocenters. The van der Waals surface area contributed by atoms with Crippen molar-refractivity contribution in [2.45, 2.75) is 12.6 Å². The van der Waals surface area contributed by atoms with Crippen LogP contribution in [0.2, 0.25) is 5.02 Å². The molecule has 2 amide bonds. The number of carbonyl (C=O) groups excluding carboxylic acids is 2. The normalized spacial score (nSPS) is 11.6. The van der Waals surface area contributed by atoms with E-state index in [0.29, 0.717) is 18.5 Å². The molecule has 1 aromatic carbocycles. The predicted molar refractivity (Wildman–Crippen MR) is 109 cm³/mol. The summed E-state index contributed by atoms with van der Waals surface area (Å²) in [5.41, 5.74) is 5.16. The van der Waals surface area contributed by atoms with Crippen molar-refractivity contribution in [2.24, 2.45) is 0 Å². The second-order valence-electron chi connectivity index (χ2n) is 5.69. The van der Waals surface area contributed by atoms with Crippen LogP contribution < -0.4 is 21.5 Å². The Labute approximate surface area is 178 Å². The summed E-state index contributed by atoms with van der Waals surface area (Å²) < 4.78 is 36.8.